The van der Waals surface area contributed by atoms with Gasteiger partial charge in [0, 0.05) is 43.0 Å². The molecule has 0 radical (unpaired) electrons. The second kappa shape index (κ2) is 9.59. The first kappa shape index (κ1) is 25.7. The van der Waals surface area contributed by atoms with Crippen molar-refractivity contribution in [2.75, 3.05) is 41.7 Å². The van der Waals surface area contributed by atoms with E-state index in [1.165, 1.54) is 12.3 Å². The fourth-order valence-corrected chi connectivity index (χ4v) is 4.24. The Morgan fingerprint density at radius 1 is 1.08 bits per heavy atom. The molecule has 3 aromatic rings. The number of benzene rings is 2. The van der Waals surface area contributed by atoms with Crippen LogP contribution >= 0.6 is 0 Å². The molecule has 4 rings (SSSR count). The summed E-state index contributed by atoms with van der Waals surface area (Å²) in [7, 11) is 0. The van der Waals surface area contributed by atoms with Gasteiger partial charge in [-0.3, -0.25) is 4.79 Å². The number of aliphatic hydroxyl groups is 1. The van der Waals surface area contributed by atoms with Crippen LogP contribution in [0.5, 0.6) is 0 Å². The third kappa shape index (κ3) is 4.73. The predicted molar refractivity (Wildman–Crippen MR) is 131 cm³/mol. The normalized spacial score (nSPS) is 15.7. The lowest BCUT2D eigenvalue weighted by Crippen LogP contribution is -2.52. The van der Waals surface area contributed by atoms with E-state index in [-0.39, 0.29) is 17.1 Å². The Morgan fingerprint density at radius 2 is 1.70 bits per heavy atom. The zero-order chi connectivity index (χ0) is 27.0. The molecule has 12 heteroatoms. The maximum atomic E-state index is 13.6. The summed E-state index contributed by atoms with van der Waals surface area (Å²) in [6.45, 7) is 4.05. The minimum Gasteiger partial charge on any atom is -0.381 e. The molecule has 192 valence electrons. The van der Waals surface area contributed by atoms with E-state index in [1.807, 2.05) is 17.0 Å². The van der Waals surface area contributed by atoms with Gasteiger partial charge in [0.05, 0.1) is 23.5 Å². The number of nitrogen functional groups attached to an aromatic ring is 1. The number of rotatable bonds is 5. The number of nitrogens with zero attached hydrogens (tertiary/aromatic N) is 5. The summed E-state index contributed by atoms with van der Waals surface area (Å²) in [5.41, 5.74) is 9.04. The van der Waals surface area contributed by atoms with Crippen LogP contribution in [-0.2, 0) is 10.4 Å². The number of amides is 1. The molecule has 0 bridgehead atoms. The van der Waals surface area contributed by atoms with E-state index in [0.29, 0.717) is 43.1 Å². The van der Waals surface area contributed by atoms with Crippen molar-refractivity contribution in [1.82, 2.24) is 9.97 Å². The molecule has 5 N–H and O–H groups in total. The summed E-state index contributed by atoms with van der Waals surface area (Å²) in [6.07, 6.45) is -3.99. The van der Waals surface area contributed by atoms with Gasteiger partial charge in [0.15, 0.2) is 11.6 Å². The number of anilines is 3. The first-order valence-corrected chi connectivity index (χ1v) is 11.3. The van der Waals surface area contributed by atoms with Gasteiger partial charge in [-0.1, -0.05) is 12.1 Å². The summed E-state index contributed by atoms with van der Waals surface area (Å²) in [6, 6.07) is 12.8. The lowest BCUT2D eigenvalue weighted by molar-refractivity contribution is -0.255. The van der Waals surface area contributed by atoms with Crippen LogP contribution in [0.15, 0.2) is 48.7 Å². The van der Waals surface area contributed by atoms with E-state index in [2.05, 4.69) is 20.9 Å². The average molecular weight is 512 g/mol. The van der Waals surface area contributed by atoms with Crippen LogP contribution in [0.25, 0.3) is 11.3 Å². The molecule has 1 aliphatic rings. The molecule has 1 saturated heterocycles. The first-order valence-electron chi connectivity index (χ1n) is 11.3. The topological polar surface area (TPSA) is 145 Å². The molecule has 1 fully saturated rings. The number of aromatic nitrogens is 2. The summed E-state index contributed by atoms with van der Waals surface area (Å²) in [5.74, 6) is -1.39. The van der Waals surface area contributed by atoms with Crippen LogP contribution in [-0.4, -0.2) is 53.3 Å². The fourth-order valence-electron chi connectivity index (χ4n) is 4.24. The highest BCUT2D eigenvalue weighted by molar-refractivity contribution is 5.86. The van der Waals surface area contributed by atoms with Gasteiger partial charge in [0.2, 0.25) is 0 Å². The van der Waals surface area contributed by atoms with E-state index >= 15 is 0 Å². The number of carbonyl (C=O) groups excluding carboxylic acids is 1. The number of aryl methyl sites for hydroxylation is 1. The number of primary amides is 1. The lowest BCUT2D eigenvalue weighted by atomic mass is 9.89. The molecular weight excluding hydrogens is 487 g/mol. The lowest BCUT2D eigenvalue weighted by Gasteiger charge is -2.37. The van der Waals surface area contributed by atoms with Crippen LogP contribution in [0.3, 0.4) is 0 Å². The van der Waals surface area contributed by atoms with Gasteiger partial charge in [0.1, 0.15) is 0 Å². The maximum absolute atomic E-state index is 13.6. The number of hydrogen-bond donors (Lipinski definition) is 3. The summed E-state index contributed by atoms with van der Waals surface area (Å²) in [5, 5.41) is 19.2. The Bertz CT molecular complexity index is 1360. The predicted octanol–water partition coefficient (Wildman–Crippen LogP) is 2.47. The number of alkyl halides is 3. The Balaban J connectivity index is 1.62. The molecule has 1 atom stereocenters. The number of nitrogens with two attached hydrogens (primary N) is 2. The second-order valence-corrected chi connectivity index (χ2v) is 8.70. The van der Waals surface area contributed by atoms with E-state index in [4.69, 9.17) is 16.7 Å². The number of halogens is 3. The van der Waals surface area contributed by atoms with Crippen molar-refractivity contribution in [3.63, 3.8) is 0 Å². The zero-order valence-electron chi connectivity index (χ0n) is 19.8. The maximum Gasteiger partial charge on any atom is 0.430 e. The molecule has 2 aromatic carbocycles. The molecule has 37 heavy (non-hydrogen) atoms. The fraction of sp³-hybridized carbons (Fsp3) is 0.280. The highest BCUT2D eigenvalue weighted by Crippen LogP contribution is 2.40. The molecule has 1 amide bonds. The molecule has 1 aliphatic heterocycles. The van der Waals surface area contributed by atoms with Crippen molar-refractivity contribution in [2.24, 2.45) is 5.73 Å². The SMILES string of the molecule is Cc1ccc(C(O)(C(N)=O)C(F)(F)F)cc1-c1cnc(N)c(N2CCN(c3ccc(C#N)cc3)CC2)n1. The Kier molecular flexibility index (Phi) is 6.66. The van der Waals surface area contributed by atoms with E-state index < -0.39 is 23.2 Å². The van der Waals surface area contributed by atoms with Gasteiger partial charge in [0.25, 0.3) is 11.5 Å². The highest BCUT2D eigenvalue weighted by atomic mass is 19.4. The number of piperazine rings is 1. The van der Waals surface area contributed by atoms with Crippen molar-refractivity contribution in [2.45, 2.75) is 18.7 Å². The van der Waals surface area contributed by atoms with E-state index in [0.717, 1.165) is 17.8 Å². The smallest absolute Gasteiger partial charge is 0.381 e. The summed E-state index contributed by atoms with van der Waals surface area (Å²) < 4.78 is 40.8. The van der Waals surface area contributed by atoms with E-state index in [1.54, 1.807) is 19.1 Å². The first-order chi connectivity index (χ1) is 17.5. The average Bonchev–Trinajstić information content (AvgIpc) is 2.88. The quantitative estimate of drug-likeness (QED) is 0.474. The Hall–Kier alpha value is -4.37. The van der Waals surface area contributed by atoms with Crippen LogP contribution in [0.1, 0.15) is 16.7 Å². The van der Waals surface area contributed by atoms with Crippen molar-refractivity contribution >= 4 is 23.2 Å². The van der Waals surface area contributed by atoms with Gasteiger partial charge in [-0.2, -0.15) is 18.4 Å². The molecule has 9 nitrogen and oxygen atoms in total. The van der Waals surface area contributed by atoms with Crippen LogP contribution in [0.2, 0.25) is 0 Å². The van der Waals surface area contributed by atoms with Crippen molar-refractivity contribution in [1.29, 1.82) is 5.26 Å². The number of hydrogen-bond acceptors (Lipinski definition) is 8. The molecule has 1 aromatic heterocycles. The van der Waals surface area contributed by atoms with Crippen molar-refractivity contribution < 1.29 is 23.1 Å². The van der Waals surface area contributed by atoms with Gasteiger partial charge >= 0.3 is 6.18 Å². The summed E-state index contributed by atoms with van der Waals surface area (Å²) in [4.78, 5) is 24.5. The van der Waals surface area contributed by atoms with Gasteiger partial charge in [-0.25, -0.2) is 9.97 Å². The molecule has 2 heterocycles. The van der Waals surface area contributed by atoms with Gasteiger partial charge < -0.3 is 26.4 Å². The van der Waals surface area contributed by atoms with Crippen LogP contribution < -0.4 is 21.3 Å². The Labute approximate surface area is 210 Å². The third-order valence-corrected chi connectivity index (χ3v) is 6.42. The molecular formula is C25H24F3N7O2. The largest absolute Gasteiger partial charge is 0.430 e. The zero-order valence-corrected chi connectivity index (χ0v) is 19.8. The van der Waals surface area contributed by atoms with Crippen LogP contribution in [0, 0.1) is 18.3 Å². The standard InChI is InChI=1S/C25H24F3N7O2/c1-15-2-5-17(24(37,23(31)36)25(26,27)28)12-19(15)20-14-32-21(30)22(33-20)35-10-8-34(9-11-35)18-6-3-16(13-29)4-7-18/h2-7,12,14,37H,8-11H2,1H3,(H2,30,32)(H2,31,36). The van der Waals surface area contributed by atoms with Crippen molar-refractivity contribution in [3.05, 3.63) is 65.4 Å². The minimum atomic E-state index is -5.32. The molecule has 1 unspecified atom stereocenters. The highest BCUT2D eigenvalue weighted by Gasteiger charge is 2.60. The third-order valence-electron chi connectivity index (χ3n) is 6.42. The summed E-state index contributed by atoms with van der Waals surface area (Å²) >= 11 is 0. The van der Waals surface area contributed by atoms with Crippen molar-refractivity contribution in [3.8, 4) is 17.3 Å². The van der Waals surface area contributed by atoms with Gasteiger partial charge in [-0.15, -0.1) is 0 Å². The molecule has 0 spiro atoms. The second-order valence-electron chi connectivity index (χ2n) is 8.70. The van der Waals surface area contributed by atoms with Crippen LogP contribution in [0.4, 0.5) is 30.5 Å². The van der Waals surface area contributed by atoms with E-state index in [9.17, 15) is 23.1 Å². The number of nitriles is 1. The Morgan fingerprint density at radius 3 is 2.27 bits per heavy atom. The van der Waals surface area contributed by atoms with Gasteiger partial charge in [-0.05, 0) is 42.8 Å². The number of carbonyl (C=O) groups is 1. The molecule has 0 saturated carbocycles. The minimum absolute atomic E-state index is 0.160. The molecule has 0 aliphatic carbocycles. The monoisotopic (exact) mass is 511 g/mol.